The lowest BCUT2D eigenvalue weighted by Gasteiger charge is -2.29. The number of morpholine rings is 1. The third-order valence-corrected chi connectivity index (χ3v) is 4.25. The number of esters is 1. The van der Waals surface area contributed by atoms with Crippen molar-refractivity contribution >= 4 is 23.3 Å². The molecule has 6 nitrogen and oxygen atoms in total. The van der Waals surface area contributed by atoms with Gasteiger partial charge in [0.2, 0.25) is 5.91 Å². The van der Waals surface area contributed by atoms with E-state index in [1.807, 2.05) is 4.90 Å². The predicted octanol–water partition coefficient (Wildman–Crippen LogP) is 1.19. The fourth-order valence-corrected chi connectivity index (χ4v) is 3.01. The number of benzene rings is 1. The van der Waals surface area contributed by atoms with Gasteiger partial charge in [0.05, 0.1) is 31.9 Å². The molecule has 1 aromatic carbocycles. The van der Waals surface area contributed by atoms with E-state index in [9.17, 15) is 14.0 Å². The molecule has 0 spiro atoms. The van der Waals surface area contributed by atoms with Crippen LogP contribution in [-0.4, -0.2) is 51.8 Å². The molecule has 0 aliphatic carbocycles. The van der Waals surface area contributed by atoms with Crippen molar-refractivity contribution in [3.8, 4) is 0 Å². The van der Waals surface area contributed by atoms with E-state index in [-0.39, 0.29) is 24.7 Å². The third-order valence-electron chi connectivity index (χ3n) is 4.25. The van der Waals surface area contributed by atoms with E-state index in [4.69, 9.17) is 4.74 Å². The summed E-state index contributed by atoms with van der Waals surface area (Å²) in [6.07, 6.45) is 0.0967. The van der Waals surface area contributed by atoms with Gasteiger partial charge in [0.25, 0.3) is 0 Å². The van der Waals surface area contributed by atoms with Gasteiger partial charge < -0.3 is 19.3 Å². The average Bonchev–Trinajstić information content (AvgIpc) is 2.96. The van der Waals surface area contributed by atoms with Crippen LogP contribution in [0.2, 0.25) is 0 Å². The summed E-state index contributed by atoms with van der Waals surface area (Å²) in [6, 6.07) is 4.74. The Balaban J connectivity index is 1.77. The highest BCUT2D eigenvalue weighted by molar-refractivity contribution is 5.99. The van der Waals surface area contributed by atoms with E-state index in [1.165, 1.54) is 18.1 Å². The summed E-state index contributed by atoms with van der Waals surface area (Å²) in [5, 5.41) is 0. The highest BCUT2D eigenvalue weighted by Gasteiger charge is 2.36. The highest BCUT2D eigenvalue weighted by Crippen LogP contribution is 2.30. The van der Waals surface area contributed by atoms with E-state index >= 15 is 0 Å². The Morgan fingerprint density at radius 1 is 1.35 bits per heavy atom. The van der Waals surface area contributed by atoms with Crippen molar-refractivity contribution in [3.05, 3.63) is 24.0 Å². The second kappa shape index (κ2) is 6.54. The largest absolute Gasteiger partial charge is 0.469 e. The highest BCUT2D eigenvalue weighted by atomic mass is 19.1. The summed E-state index contributed by atoms with van der Waals surface area (Å²) in [7, 11) is 1.30. The standard InChI is InChI=1S/C16H19FN2O4/c1-22-16(21)11-8-15(20)19(10-11)12-2-3-14(13(17)9-12)18-4-6-23-7-5-18/h2-3,9,11H,4-8,10H2,1H3. The number of hydrogen-bond donors (Lipinski definition) is 0. The lowest BCUT2D eigenvalue weighted by atomic mass is 10.1. The maximum Gasteiger partial charge on any atom is 0.311 e. The molecule has 3 rings (SSSR count). The first kappa shape index (κ1) is 15.7. The van der Waals surface area contributed by atoms with Crippen LogP contribution in [-0.2, 0) is 19.1 Å². The molecule has 1 amide bonds. The summed E-state index contributed by atoms with van der Waals surface area (Å²) in [6.45, 7) is 2.66. The second-order valence-corrected chi connectivity index (χ2v) is 5.66. The van der Waals surface area contributed by atoms with E-state index in [2.05, 4.69) is 4.74 Å². The van der Waals surface area contributed by atoms with Crippen molar-refractivity contribution < 1.29 is 23.5 Å². The molecular weight excluding hydrogens is 303 g/mol. The molecule has 2 saturated heterocycles. The number of methoxy groups -OCH3 is 1. The molecule has 124 valence electrons. The number of carbonyl (C=O) groups is 2. The van der Waals surface area contributed by atoms with Gasteiger partial charge in [0.1, 0.15) is 5.82 Å². The maximum atomic E-state index is 14.4. The molecule has 1 aromatic rings. The van der Waals surface area contributed by atoms with Gasteiger partial charge in [-0.05, 0) is 18.2 Å². The van der Waals surface area contributed by atoms with Crippen molar-refractivity contribution in [1.82, 2.24) is 0 Å². The van der Waals surface area contributed by atoms with Gasteiger partial charge in [-0.1, -0.05) is 0 Å². The number of halogens is 1. The number of ether oxygens (including phenoxy) is 2. The quantitative estimate of drug-likeness (QED) is 0.783. The number of nitrogens with zero attached hydrogens (tertiary/aromatic N) is 2. The Kier molecular flexibility index (Phi) is 4.47. The zero-order chi connectivity index (χ0) is 16.4. The third kappa shape index (κ3) is 3.14. The van der Waals surface area contributed by atoms with Crippen LogP contribution >= 0.6 is 0 Å². The molecule has 23 heavy (non-hydrogen) atoms. The van der Waals surface area contributed by atoms with Crippen LogP contribution in [0.5, 0.6) is 0 Å². The summed E-state index contributed by atoms with van der Waals surface area (Å²) in [4.78, 5) is 27.0. The molecule has 1 atom stereocenters. The number of rotatable bonds is 3. The molecular formula is C16H19FN2O4. The lowest BCUT2D eigenvalue weighted by molar-refractivity contribution is -0.145. The molecule has 0 radical (unpaired) electrons. The SMILES string of the molecule is COC(=O)C1CC(=O)N(c2ccc(N3CCOCC3)c(F)c2)C1. The van der Waals surface area contributed by atoms with Gasteiger partial charge in [-0.2, -0.15) is 0 Å². The van der Waals surface area contributed by atoms with Gasteiger partial charge in [-0.25, -0.2) is 4.39 Å². The minimum absolute atomic E-state index is 0.0967. The normalized spacial score (nSPS) is 21.7. The van der Waals surface area contributed by atoms with Crippen molar-refractivity contribution in [3.63, 3.8) is 0 Å². The van der Waals surface area contributed by atoms with E-state index in [0.29, 0.717) is 37.7 Å². The number of hydrogen-bond acceptors (Lipinski definition) is 5. The van der Waals surface area contributed by atoms with Crippen LogP contribution < -0.4 is 9.80 Å². The molecule has 0 aromatic heterocycles. The fraction of sp³-hybridized carbons (Fsp3) is 0.500. The van der Waals surface area contributed by atoms with E-state index in [1.54, 1.807) is 12.1 Å². The second-order valence-electron chi connectivity index (χ2n) is 5.66. The van der Waals surface area contributed by atoms with Gasteiger partial charge >= 0.3 is 5.97 Å². The molecule has 0 N–H and O–H groups in total. The number of carbonyl (C=O) groups excluding carboxylic acids is 2. The Bertz CT molecular complexity index is 616. The first-order valence-electron chi connectivity index (χ1n) is 7.60. The summed E-state index contributed by atoms with van der Waals surface area (Å²) < 4.78 is 24.4. The van der Waals surface area contributed by atoms with Gasteiger partial charge in [0.15, 0.2) is 0 Å². The van der Waals surface area contributed by atoms with Crippen LogP contribution in [0.1, 0.15) is 6.42 Å². The molecule has 0 saturated carbocycles. The van der Waals surface area contributed by atoms with Crippen LogP contribution in [0.15, 0.2) is 18.2 Å². The fourth-order valence-electron chi connectivity index (χ4n) is 3.01. The summed E-state index contributed by atoms with van der Waals surface area (Å²) in [5.41, 5.74) is 0.976. The minimum atomic E-state index is -0.491. The number of amides is 1. The Labute approximate surface area is 133 Å². The van der Waals surface area contributed by atoms with Crippen LogP contribution in [0, 0.1) is 11.7 Å². The Morgan fingerprint density at radius 2 is 2.09 bits per heavy atom. The number of anilines is 2. The van der Waals surface area contributed by atoms with E-state index in [0.717, 1.165) is 0 Å². The molecule has 0 bridgehead atoms. The van der Waals surface area contributed by atoms with Crippen LogP contribution in [0.3, 0.4) is 0 Å². The summed E-state index contributed by atoms with van der Waals surface area (Å²) >= 11 is 0. The topological polar surface area (TPSA) is 59.1 Å². The van der Waals surface area contributed by atoms with Crippen LogP contribution in [0.25, 0.3) is 0 Å². The van der Waals surface area contributed by atoms with Crippen molar-refractivity contribution in [2.45, 2.75) is 6.42 Å². The molecule has 2 heterocycles. The molecule has 1 unspecified atom stereocenters. The molecule has 2 fully saturated rings. The van der Waals surface area contributed by atoms with Gasteiger partial charge in [-0.3, -0.25) is 9.59 Å². The zero-order valence-corrected chi connectivity index (χ0v) is 13.0. The molecule has 2 aliphatic rings. The first-order chi connectivity index (χ1) is 11.1. The van der Waals surface area contributed by atoms with Gasteiger partial charge in [0, 0.05) is 31.7 Å². The first-order valence-corrected chi connectivity index (χ1v) is 7.60. The predicted molar refractivity (Wildman–Crippen MR) is 81.9 cm³/mol. The smallest absolute Gasteiger partial charge is 0.311 e. The van der Waals surface area contributed by atoms with E-state index < -0.39 is 11.9 Å². The Morgan fingerprint density at radius 3 is 2.74 bits per heavy atom. The van der Waals surface area contributed by atoms with Crippen molar-refractivity contribution in [2.24, 2.45) is 5.92 Å². The monoisotopic (exact) mass is 322 g/mol. The molecule has 2 aliphatic heterocycles. The average molecular weight is 322 g/mol. The minimum Gasteiger partial charge on any atom is -0.469 e. The molecule has 7 heteroatoms. The van der Waals surface area contributed by atoms with Gasteiger partial charge in [-0.15, -0.1) is 0 Å². The Hall–Kier alpha value is -2.15. The maximum absolute atomic E-state index is 14.4. The van der Waals surface area contributed by atoms with Crippen LogP contribution in [0.4, 0.5) is 15.8 Å². The van der Waals surface area contributed by atoms with Crippen molar-refractivity contribution in [2.75, 3.05) is 49.8 Å². The zero-order valence-electron chi connectivity index (χ0n) is 13.0. The summed E-state index contributed by atoms with van der Waals surface area (Å²) in [5.74, 6) is -1.47. The van der Waals surface area contributed by atoms with Crippen molar-refractivity contribution in [1.29, 1.82) is 0 Å². The lowest BCUT2D eigenvalue weighted by Crippen LogP contribution is -2.36.